The molecule has 15 heavy (non-hydrogen) atoms. The highest BCUT2D eigenvalue weighted by Crippen LogP contribution is 2.27. The smallest absolute Gasteiger partial charge is 0.115 e. The van der Waals surface area contributed by atoms with Crippen LogP contribution in [0.1, 0.15) is 32.3 Å². The van der Waals surface area contributed by atoms with E-state index >= 15 is 0 Å². The molecule has 1 N–H and O–H groups in total. The van der Waals surface area contributed by atoms with Crippen molar-refractivity contribution in [1.82, 2.24) is 0 Å². The van der Waals surface area contributed by atoms with Crippen LogP contribution in [-0.4, -0.2) is 5.11 Å². The van der Waals surface area contributed by atoms with Crippen molar-refractivity contribution in [2.75, 3.05) is 0 Å². The van der Waals surface area contributed by atoms with Crippen molar-refractivity contribution < 1.29 is 5.11 Å². The molecule has 82 valence electrons. The van der Waals surface area contributed by atoms with Gasteiger partial charge in [0.1, 0.15) is 5.75 Å². The van der Waals surface area contributed by atoms with Crippen LogP contribution in [0.15, 0.2) is 36.9 Å². The van der Waals surface area contributed by atoms with Gasteiger partial charge in [0.15, 0.2) is 0 Å². The fourth-order valence-electron chi connectivity index (χ4n) is 1.64. The molecule has 0 aliphatic heterocycles. The Kier molecular flexibility index (Phi) is 3.96. The number of phenolic OH excluding ortho intramolecular Hbond substituents is 1. The number of allylic oxidation sites excluding steroid dienone is 1. The van der Waals surface area contributed by atoms with Crippen LogP contribution in [-0.2, 0) is 6.42 Å². The van der Waals surface area contributed by atoms with Gasteiger partial charge in [0.05, 0.1) is 0 Å². The number of aryl methyl sites for hydroxylation is 1. The zero-order valence-corrected chi connectivity index (χ0v) is 9.66. The Labute approximate surface area is 92.5 Å². The fraction of sp³-hybridized carbons (Fsp3) is 0.429. The van der Waals surface area contributed by atoms with E-state index in [1.54, 1.807) is 12.1 Å². The average molecular weight is 204 g/mol. The summed E-state index contributed by atoms with van der Waals surface area (Å²) in [6, 6.07) is 7.46. The van der Waals surface area contributed by atoms with Gasteiger partial charge in [-0.2, -0.15) is 0 Å². The molecule has 0 amide bonds. The summed E-state index contributed by atoms with van der Waals surface area (Å²) in [6.45, 7) is 8.30. The topological polar surface area (TPSA) is 20.2 Å². The molecule has 0 fully saturated rings. The predicted octanol–water partition coefficient (Wildman–Crippen LogP) is 3.93. The van der Waals surface area contributed by atoms with Gasteiger partial charge < -0.3 is 5.11 Å². The summed E-state index contributed by atoms with van der Waals surface area (Å²) in [4.78, 5) is 0. The number of hydrogen-bond donors (Lipinski definition) is 1. The van der Waals surface area contributed by atoms with Gasteiger partial charge in [0.2, 0.25) is 0 Å². The Morgan fingerprint density at radius 2 is 1.87 bits per heavy atom. The third kappa shape index (κ3) is 4.20. The molecule has 0 saturated carbocycles. The molecule has 0 radical (unpaired) electrons. The van der Waals surface area contributed by atoms with Crippen LogP contribution in [0, 0.1) is 5.41 Å². The number of aromatic hydroxyl groups is 1. The largest absolute Gasteiger partial charge is 0.508 e. The van der Waals surface area contributed by atoms with Gasteiger partial charge >= 0.3 is 0 Å². The third-order valence-corrected chi connectivity index (χ3v) is 2.72. The van der Waals surface area contributed by atoms with Gasteiger partial charge in [-0.1, -0.05) is 32.1 Å². The number of phenols is 1. The molecule has 1 aromatic carbocycles. The van der Waals surface area contributed by atoms with Crippen molar-refractivity contribution >= 4 is 0 Å². The summed E-state index contributed by atoms with van der Waals surface area (Å²) in [6.07, 6.45) is 5.23. The lowest BCUT2D eigenvalue weighted by Crippen LogP contribution is -2.11. The highest BCUT2D eigenvalue weighted by atomic mass is 16.3. The SMILES string of the molecule is C=CCC(C)(C)CCc1ccc(O)cc1. The molecule has 1 aromatic rings. The van der Waals surface area contributed by atoms with E-state index in [1.165, 1.54) is 5.56 Å². The first kappa shape index (κ1) is 11.8. The summed E-state index contributed by atoms with van der Waals surface area (Å²) in [5.41, 5.74) is 1.60. The standard InChI is InChI=1S/C14H20O/c1-4-10-14(2,3)11-9-12-5-7-13(15)8-6-12/h4-8,15H,1,9-11H2,2-3H3. The van der Waals surface area contributed by atoms with E-state index in [9.17, 15) is 0 Å². The van der Waals surface area contributed by atoms with Gasteiger partial charge in [-0.25, -0.2) is 0 Å². The van der Waals surface area contributed by atoms with Crippen LogP contribution >= 0.6 is 0 Å². The lowest BCUT2D eigenvalue weighted by Gasteiger charge is -2.22. The minimum atomic E-state index is 0.319. The monoisotopic (exact) mass is 204 g/mol. The van der Waals surface area contributed by atoms with Gasteiger partial charge in [-0.3, -0.25) is 0 Å². The van der Waals surface area contributed by atoms with Gasteiger partial charge in [0.25, 0.3) is 0 Å². The van der Waals surface area contributed by atoms with Crippen LogP contribution in [0.5, 0.6) is 5.75 Å². The van der Waals surface area contributed by atoms with Crippen molar-refractivity contribution in [3.63, 3.8) is 0 Å². The minimum absolute atomic E-state index is 0.319. The second-order valence-electron chi connectivity index (χ2n) is 4.82. The Hall–Kier alpha value is -1.24. The highest BCUT2D eigenvalue weighted by Gasteiger charge is 2.15. The molecule has 0 aliphatic carbocycles. The molecule has 0 spiro atoms. The van der Waals surface area contributed by atoms with Crippen molar-refractivity contribution in [3.05, 3.63) is 42.5 Å². The summed E-state index contributed by atoms with van der Waals surface area (Å²) < 4.78 is 0. The molecular weight excluding hydrogens is 184 g/mol. The first-order valence-electron chi connectivity index (χ1n) is 5.42. The molecule has 0 bridgehead atoms. The molecule has 0 aromatic heterocycles. The lowest BCUT2D eigenvalue weighted by molar-refractivity contribution is 0.340. The predicted molar refractivity (Wildman–Crippen MR) is 65.0 cm³/mol. The molecule has 0 saturated heterocycles. The third-order valence-electron chi connectivity index (χ3n) is 2.72. The van der Waals surface area contributed by atoms with Crippen LogP contribution in [0.4, 0.5) is 0 Å². The normalized spacial score (nSPS) is 11.3. The molecule has 1 nitrogen and oxygen atoms in total. The summed E-state index contributed by atoms with van der Waals surface area (Å²) in [5.74, 6) is 0.337. The van der Waals surface area contributed by atoms with Crippen molar-refractivity contribution in [2.45, 2.75) is 33.1 Å². The molecular formula is C14H20O. The first-order chi connectivity index (χ1) is 7.03. The van der Waals surface area contributed by atoms with E-state index in [4.69, 9.17) is 5.11 Å². The molecule has 0 heterocycles. The second-order valence-corrected chi connectivity index (χ2v) is 4.82. The maximum Gasteiger partial charge on any atom is 0.115 e. The zero-order valence-electron chi connectivity index (χ0n) is 9.66. The molecule has 0 atom stereocenters. The Balaban J connectivity index is 2.49. The van der Waals surface area contributed by atoms with Crippen LogP contribution in [0.2, 0.25) is 0 Å². The second kappa shape index (κ2) is 5.01. The Morgan fingerprint density at radius 1 is 1.27 bits per heavy atom. The summed E-state index contributed by atoms with van der Waals surface area (Å²) in [7, 11) is 0. The molecule has 0 unspecified atom stereocenters. The van der Waals surface area contributed by atoms with Gasteiger partial charge in [-0.05, 0) is 42.4 Å². The maximum atomic E-state index is 9.16. The van der Waals surface area contributed by atoms with E-state index in [0.29, 0.717) is 11.2 Å². The molecule has 0 aliphatic rings. The van der Waals surface area contributed by atoms with Gasteiger partial charge in [0, 0.05) is 0 Å². The molecule has 1 heteroatoms. The van der Waals surface area contributed by atoms with Crippen molar-refractivity contribution in [3.8, 4) is 5.75 Å². The van der Waals surface area contributed by atoms with E-state index in [2.05, 4.69) is 20.4 Å². The molecule has 1 rings (SSSR count). The number of hydrogen-bond acceptors (Lipinski definition) is 1. The van der Waals surface area contributed by atoms with E-state index in [0.717, 1.165) is 19.3 Å². The average Bonchev–Trinajstić information content (AvgIpc) is 2.17. The maximum absolute atomic E-state index is 9.16. The van der Waals surface area contributed by atoms with E-state index < -0.39 is 0 Å². The van der Waals surface area contributed by atoms with Gasteiger partial charge in [-0.15, -0.1) is 6.58 Å². The zero-order chi connectivity index (χ0) is 11.3. The highest BCUT2D eigenvalue weighted by molar-refractivity contribution is 5.25. The Bertz CT molecular complexity index is 309. The fourth-order valence-corrected chi connectivity index (χ4v) is 1.64. The summed E-state index contributed by atoms with van der Waals surface area (Å²) >= 11 is 0. The van der Waals surface area contributed by atoms with E-state index in [1.807, 2.05) is 18.2 Å². The van der Waals surface area contributed by atoms with Crippen LogP contribution in [0.25, 0.3) is 0 Å². The Morgan fingerprint density at radius 3 is 2.40 bits per heavy atom. The van der Waals surface area contributed by atoms with E-state index in [-0.39, 0.29) is 0 Å². The lowest BCUT2D eigenvalue weighted by atomic mass is 9.83. The number of benzene rings is 1. The number of rotatable bonds is 5. The van der Waals surface area contributed by atoms with Crippen molar-refractivity contribution in [2.24, 2.45) is 5.41 Å². The minimum Gasteiger partial charge on any atom is -0.508 e. The summed E-state index contributed by atoms with van der Waals surface area (Å²) in [5, 5.41) is 9.16. The van der Waals surface area contributed by atoms with Crippen LogP contribution in [0.3, 0.4) is 0 Å². The first-order valence-corrected chi connectivity index (χ1v) is 5.42. The quantitative estimate of drug-likeness (QED) is 0.720. The van der Waals surface area contributed by atoms with Crippen LogP contribution < -0.4 is 0 Å². The van der Waals surface area contributed by atoms with Crippen molar-refractivity contribution in [1.29, 1.82) is 0 Å².